The molecule has 2 aliphatic rings. The summed E-state index contributed by atoms with van der Waals surface area (Å²) in [5.41, 5.74) is 0.643. The Labute approximate surface area is 167 Å². The number of piperazine rings is 1. The highest BCUT2D eigenvalue weighted by atomic mass is 35.5. The number of hydrogen-bond donors (Lipinski definition) is 1. The maximum atomic E-state index is 12.5. The topological polar surface area (TPSA) is 93.3 Å². The molecule has 6 amide bonds. The van der Waals surface area contributed by atoms with Crippen LogP contribution in [0.25, 0.3) is 0 Å². The smallest absolute Gasteiger partial charge is 0.326 e. The normalized spacial score (nSPS) is 20.0. The number of carbonyl (C=O) groups excluding carboxylic acids is 4. The summed E-state index contributed by atoms with van der Waals surface area (Å²) in [5.74, 6) is -0.576. The molecule has 0 saturated carbocycles. The Bertz CT molecular complexity index is 792. The molecule has 2 aliphatic heterocycles. The SMILES string of the molecule is CN1C(=O)[C@H](CC(=O)N2CCN(C(=O)Nc3ccc(Cl)cc3)CC2)N(C)C1=O. The molecule has 2 heterocycles. The van der Waals surface area contributed by atoms with Gasteiger partial charge in [0.05, 0.1) is 6.42 Å². The Morgan fingerprint density at radius 1 is 1.04 bits per heavy atom. The zero-order valence-electron chi connectivity index (χ0n) is 15.7. The monoisotopic (exact) mass is 407 g/mol. The molecular formula is C18H22ClN5O4. The van der Waals surface area contributed by atoms with Crippen LogP contribution in [0.3, 0.4) is 0 Å². The van der Waals surface area contributed by atoms with Gasteiger partial charge in [-0.15, -0.1) is 0 Å². The first-order chi connectivity index (χ1) is 13.3. The molecule has 3 rings (SSSR count). The molecule has 2 fully saturated rings. The summed E-state index contributed by atoms with van der Waals surface area (Å²) in [4.78, 5) is 54.4. The number of halogens is 1. The minimum Gasteiger partial charge on any atom is -0.339 e. The van der Waals surface area contributed by atoms with Crippen LogP contribution in [0.2, 0.25) is 5.02 Å². The second-order valence-electron chi connectivity index (χ2n) is 6.82. The molecule has 1 aromatic carbocycles. The van der Waals surface area contributed by atoms with Gasteiger partial charge >= 0.3 is 12.1 Å². The summed E-state index contributed by atoms with van der Waals surface area (Å²) in [7, 11) is 2.92. The van der Waals surface area contributed by atoms with Crippen LogP contribution in [0.15, 0.2) is 24.3 Å². The fourth-order valence-electron chi connectivity index (χ4n) is 3.27. The van der Waals surface area contributed by atoms with Gasteiger partial charge in [0.1, 0.15) is 6.04 Å². The number of likely N-dealkylation sites (N-methyl/N-ethyl adjacent to an activating group) is 2. The van der Waals surface area contributed by atoms with Crippen LogP contribution in [0.4, 0.5) is 15.3 Å². The van der Waals surface area contributed by atoms with Crippen molar-refractivity contribution in [3.05, 3.63) is 29.3 Å². The number of imide groups is 1. The number of hydrogen-bond acceptors (Lipinski definition) is 4. The van der Waals surface area contributed by atoms with Crippen molar-refractivity contribution in [2.75, 3.05) is 45.6 Å². The van der Waals surface area contributed by atoms with Gasteiger partial charge < -0.3 is 20.0 Å². The lowest BCUT2D eigenvalue weighted by Crippen LogP contribution is -2.52. The molecule has 1 N–H and O–H groups in total. The highest BCUT2D eigenvalue weighted by molar-refractivity contribution is 6.30. The van der Waals surface area contributed by atoms with Crippen LogP contribution in [0.1, 0.15) is 6.42 Å². The van der Waals surface area contributed by atoms with Crippen molar-refractivity contribution in [1.29, 1.82) is 0 Å². The van der Waals surface area contributed by atoms with E-state index in [1.807, 2.05) is 0 Å². The van der Waals surface area contributed by atoms with Gasteiger partial charge in [0.25, 0.3) is 5.91 Å². The highest BCUT2D eigenvalue weighted by Gasteiger charge is 2.42. The molecule has 0 aromatic heterocycles. The molecule has 0 radical (unpaired) electrons. The van der Waals surface area contributed by atoms with Gasteiger partial charge in [-0.05, 0) is 24.3 Å². The van der Waals surface area contributed by atoms with Crippen molar-refractivity contribution in [2.45, 2.75) is 12.5 Å². The average Bonchev–Trinajstić information content (AvgIpc) is 2.87. The first kappa shape index (κ1) is 19.9. The van der Waals surface area contributed by atoms with Crippen LogP contribution in [0.5, 0.6) is 0 Å². The second-order valence-corrected chi connectivity index (χ2v) is 7.25. The van der Waals surface area contributed by atoms with Gasteiger partial charge in [0.15, 0.2) is 0 Å². The molecule has 0 spiro atoms. The van der Waals surface area contributed by atoms with Crippen molar-refractivity contribution in [3.63, 3.8) is 0 Å². The van der Waals surface area contributed by atoms with Gasteiger partial charge in [-0.25, -0.2) is 9.59 Å². The lowest BCUT2D eigenvalue weighted by molar-refractivity contribution is -0.137. The van der Waals surface area contributed by atoms with E-state index in [-0.39, 0.29) is 24.3 Å². The van der Waals surface area contributed by atoms with Gasteiger partial charge in [-0.3, -0.25) is 14.5 Å². The van der Waals surface area contributed by atoms with E-state index in [1.54, 1.807) is 34.1 Å². The van der Waals surface area contributed by atoms with Gasteiger partial charge in [0, 0.05) is 51.0 Å². The Morgan fingerprint density at radius 2 is 1.61 bits per heavy atom. The minimum absolute atomic E-state index is 0.0532. The van der Waals surface area contributed by atoms with Crippen molar-refractivity contribution in [1.82, 2.24) is 19.6 Å². The third kappa shape index (κ3) is 4.04. The first-order valence-corrected chi connectivity index (χ1v) is 9.29. The number of rotatable bonds is 3. The number of amides is 6. The number of carbonyl (C=O) groups is 4. The number of nitrogens with zero attached hydrogens (tertiary/aromatic N) is 4. The third-order valence-electron chi connectivity index (χ3n) is 5.05. The number of benzene rings is 1. The van der Waals surface area contributed by atoms with E-state index in [0.29, 0.717) is 36.9 Å². The van der Waals surface area contributed by atoms with E-state index in [1.165, 1.54) is 19.0 Å². The second kappa shape index (κ2) is 8.05. The predicted octanol–water partition coefficient (Wildman–Crippen LogP) is 1.30. The van der Waals surface area contributed by atoms with Crippen LogP contribution < -0.4 is 5.32 Å². The third-order valence-corrected chi connectivity index (χ3v) is 5.31. The van der Waals surface area contributed by atoms with Gasteiger partial charge in [-0.1, -0.05) is 11.6 Å². The standard InChI is InChI=1S/C18H22ClN5O4/c1-21-14(16(26)22(2)18(21)28)11-15(25)23-7-9-24(10-8-23)17(27)20-13-5-3-12(19)4-6-13/h3-6,14H,7-11H2,1-2H3,(H,20,27)/t14-/m0/s1. The van der Waals surface area contributed by atoms with Crippen LogP contribution in [-0.4, -0.2) is 89.8 Å². The molecule has 150 valence electrons. The van der Waals surface area contributed by atoms with Crippen LogP contribution >= 0.6 is 11.6 Å². The Hall–Kier alpha value is -2.81. The largest absolute Gasteiger partial charge is 0.339 e. The van der Waals surface area contributed by atoms with E-state index in [0.717, 1.165) is 4.90 Å². The Morgan fingerprint density at radius 3 is 2.14 bits per heavy atom. The Kier molecular flexibility index (Phi) is 5.73. The van der Waals surface area contributed by atoms with E-state index < -0.39 is 12.1 Å². The molecule has 1 atom stereocenters. The molecule has 9 nitrogen and oxygen atoms in total. The van der Waals surface area contributed by atoms with Crippen LogP contribution in [-0.2, 0) is 9.59 Å². The number of nitrogens with one attached hydrogen (secondary N) is 1. The van der Waals surface area contributed by atoms with E-state index in [9.17, 15) is 19.2 Å². The summed E-state index contributed by atoms with van der Waals surface area (Å²) in [6.07, 6.45) is -0.0532. The lowest BCUT2D eigenvalue weighted by Gasteiger charge is -2.35. The zero-order valence-corrected chi connectivity index (χ0v) is 16.5. The predicted molar refractivity (Wildman–Crippen MR) is 103 cm³/mol. The first-order valence-electron chi connectivity index (χ1n) is 8.91. The molecule has 0 unspecified atom stereocenters. The number of urea groups is 2. The average molecular weight is 408 g/mol. The summed E-state index contributed by atoms with van der Waals surface area (Å²) < 4.78 is 0. The van der Waals surface area contributed by atoms with E-state index in [2.05, 4.69) is 5.32 Å². The van der Waals surface area contributed by atoms with E-state index in [4.69, 9.17) is 11.6 Å². The van der Waals surface area contributed by atoms with Crippen molar-refractivity contribution in [2.24, 2.45) is 0 Å². The lowest BCUT2D eigenvalue weighted by atomic mass is 10.1. The summed E-state index contributed by atoms with van der Waals surface area (Å²) >= 11 is 5.83. The van der Waals surface area contributed by atoms with Crippen LogP contribution in [0, 0.1) is 0 Å². The molecule has 1 aromatic rings. The molecule has 0 bridgehead atoms. The molecule has 10 heteroatoms. The van der Waals surface area contributed by atoms with Crippen molar-refractivity contribution in [3.8, 4) is 0 Å². The van der Waals surface area contributed by atoms with Crippen molar-refractivity contribution >= 4 is 41.2 Å². The molecule has 28 heavy (non-hydrogen) atoms. The van der Waals surface area contributed by atoms with Gasteiger partial charge in [-0.2, -0.15) is 0 Å². The minimum atomic E-state index is -0.767. The maximum absolute atomic E-state index is 12.5. The summed E-state index contributed by atoms with van der Waals surface area (Å²) in [5, 5.41) is 3.38. The fraction of sp³-hybridized carbons (Fsp3) is 0.444. The van der Waals surface area contributed by atoms with Gasteiger partial charge in [0.2, 0.25) is 5.91 Å². The summed E-state index contributed by atoms with van der Waals surface area (Å²) in [6, 6.07) is 5.39. The maximum Gasteiger partial charge on any atom is 0.326 e. The quantitative estimate of drug-likeness (QED) is 0.764. The zero-order chi connectivity index (χ0) is 20.4. The Balaban J connectivity index is 1.50. The molecular weight excluding hydrogens is 386 g/mol. The fourth-order valence-corrected chi connectivity index (χ4v) is 3.39. The van der Waals surface area contributed by atoms with Crippen molar-refractivity contribution < 1.29 is 19.2 Å². The summed E-state index contributed by atoms with van der Waals surface area (Å²) in [6.45, 7) is 1.53. The van der Waals surface area contributed by atoms with E-state index >= 15 is 0 Å². The molecule has 0 aliphatic carbocycles. The molecule has 2 saturated heterocycles. The number of anilines is 1. The highest BCUT2D eigenvalue weighted by Crippen LogP contribution is 2.19.